The Balaban J connectivity index is 4.71. The molecule has 0 fully saturated rings. The summed E-state index contributed by atoms with van der Waals surface area (Å²) < 4.78 is 34.2. The molecule has 1 unspecified atom stereocenters. The Morgan fingerprint density at radius 1 is 1.53 bits per heavy atom. The molecular formula is C6H9BO7S. The van der Waals surface area contributed by atoms with Crippen LogP contribution in [0.25, 0.3) is 0 Å². The summed E-state index contributed by atoms with van der Waals surface area (Å²) in [5.41, 5.74) is 0. The topological polar surface area (TPSA) is 118 Å². The maximum atomic E-state index is 11.0. The van der Waals surface area contributed by atoms with Crippen LogP contribution in [0.2, 0.25) is 0 Å². The van der Waals surface area contributed by atoms with Crippen LogP contribution >= 0.6 is 0 Å². The third-order valence-electron chi connectivity index (χ3n) is 1.33. The predicted molar refractivity (Wildman–Crippen MR) is 51.7 cm³/mol. The first-order chi connectivity index (χ1) is 6.79. The lowest BCUT2D eigenvalue weighted by atomic mass is 9.74. The van der Waals surface area contributed by atoms with Gasteiger partial charge in [-0.05, 0) is 0 Å². The molecule has 0 aromatic heterocycles. The summed E-state index contributed by atoms with van der Waals surface area (Å²) in [7, 11) is -5.83. The van der Waals surface area contributed by atoms with Gasteiger partial charge in [-0.15, -0.1) is 0 Å². The van der Waals surface area contributed by atoms with E-state index in [4.69, 9.17) is 9.66 Å². The van der Waals surface area contributed by atoms with Gasteiger partial charge >= 0.3 is 5.97 Å². The Bertz CT molecular complexity index is 360. The highest BCUT2D eigenvalue weighted by Gasteiger charge is 2.36. The molecule has 0 spiro atoms. The Labute approximate surface area is 86.7 Å². The van der Waals surface area contributed by atoms with E-state index >= 15 is 0 Å². The first-order valence-electron chi connectivity index (χ1n) is 3.74. The third kappa shape index (κ3) is 5.18. The number of hydrogen-bond donors (Lipinski definition) is 2. The molecule has 9 heteroatoms. The third-order valence-corrected chi connectivity index (χ3v) is 2.40. The molecule has 0 heterocycles. The fraction of sp³-hybridized carbons (Fsp3) is 0.333. The lowest BCUT2D eigenvalue weighted by Crippen LogP contribution is -2.40. The van der Waals surface area contributed by atoms with E-state index in [-0.39, 0.29) is 6.61 Å². The van der Waals surface area contributed by atoms with Gasteiger partial charge in [-0.3, -0.25) is 14.1 Å². The molecular weight excluding hydrogens is 227 g/mol. The van der Waals surface area contributed by atoms with Crippen LogP contribution in [0.3, 0.4) is 0 Å². The summed E-state index contributed by atoms with van der Waals surface area (Å²) >= 11 is 0. The van der Waals surface area contributed by atoms with Crippen molar-refractivity contribution in [2.45, 2.75) is 5.15 Å². The molecule has 0 aliphatic rings. The summed E-state index contributed by atoms with van der Waals surface area (Å²) in [6.45, 7) is 2.95. The van der Waals surface area contributed by atoms with Crippen molar-refractivity contribution in [2.24, 2.45) is 0 Å². The van der Waals surface area contributed by atoms with Gasteiger partial charge in [0.1, 0.15) is 6.61 Å². The lowest BCUT2D eigenvalue weighted by Gasteiger charge is -2.08. The van der Waals surface area contributed by atoms with Gasteiger partial charge in [0.05, 0.1) is 0 Å². The highest BCUT2D eigenvalue weighted by Crippen LogP contribution is 2.01. The number of rotatable bonds is 6. The van der Waals surface area contributed by atoms with E-state index in [1.807, 2.05) is 0 Å². The average Bonchev–Trinajstić information content (AvgIpc) is 2.08. The standard InChI is InChI=1S/C6H9BO7S/c1-2-3-14-5(8)4(7-6(9)10)15(11,12)13/h2,4,7H,1,3H2,(H,9,10)(H,11,12,13). The van der Waals surface area contributed by atoms with E-state index in [0.29, 0.717) is 0 Å². The highest BCUT2D eigenvalue weighted by molar-refractivity contribution is 7.89. The number of carboxylic acid groups (broad SMARTS) is 1. The largest absolute Gasteiger partial charge is 0.489 e. The number of esters is 1. The first kappa shape index (κ1) is 13.7. The van der Waals surface area contributed by atoms with Crippen molar-refractivity contribution in [1.29, 1.82) is 0 Å². The van der Waals surface area contributed by atoms with Gasteiger partial charge in [0.2, 0.25) is 5.87 Å². The van der Waals surface area contributed by atoms with Gasteiger partial charge in [-0.25, -0.2) is 0 Å². The normalized spacial score (nSPS) is 12.6. The minimum absolute atomic E-state index is 0.259. The summed E-state index contributed by atoms with van der Waals surface area (Å²) in [6.07, 6.45) is 1.18. The number of ether oxygens (including phenoxy) is 1. The van der Waals surface area contributed by atoms with Crippen LogP contribution in [-0.2, 0) is 19.6 Å². The molecule has 7 nitrogen and oxygen atoms in total. The zero-order valence-corrected chi connectivity index (χ0v) is 8.44. The van der Waals surface area contributed by atoms with Gasteiger partial charge in [0, 0.05) is 0 Å². The molecule has 15 heavy (non-hydrogen) atoms. The molecule has 0 radical (unpaired) electrons. The van der Waals surface area contributed by atoms with Crippen LogP contribution in [0.1, 0.15) is 0 Å². The summed E-state index contributed by atoms with van der Waals surface area (Å²) in [4.78, 5) is 21.2. The highest BCUT2D eigenvalue weighted by atomic mass is 32.2. The molecule has 0 bridgehead atoms. The van der Waals surface area contributed by atoms with E-state index < -0.39 is 34.4 Å². The monoisotopic (exact) mass is 236 g/mol. The van der Waals surface area contributed by atoms with Crippen molar-refractivity contribution in [1.82, 2.24) is 0 Å². The fourth-order valence-corrected chi connectivity index (χ4v) is 1.37. The van der Waals surface area contributed by atoms with Gasteiger partial charge in [0.15, 0.2) is 5.15 Å². The van der Waals surface area contributed by atoms with Crippen molar-refractivity contribution in [3.8, 4) is 0 Å². The van der Waals surface area contributed by atoms with Crippen LogP contribution in [0, 0.1) is 0 Å². The predicted octanol–water partition coefficient (Wildman–Crippen LogP) is -0.956. The van der Waals surface area contributed by atoms with Crippen LogP contribution in [-0.4, -0.2) is 49.0 Å². The molecule has 1 atom stereocenters. The average molecular weight is 236 g/mol. The minimum atomic E-state index is -4.78. The molecule has 0 amide bonds. The Morgan fingerprint density at radius 3 is 2.40 bits per heavy atom. The Hall–Kier alpha value is -1.35. The SMILES string of the molecule is C=CCOC(=O)C(BC(=O)O)S(=O)(=O)O. The van der Waals surface area contributed by atoms with E-state index in [9.17, 15) is 18.0 Å². The first-order valence-corrected chi connectivity index (χ1v) is 5.25. The molecule has 0 saturated heterocycles. The number of carbonyl (C=O) groups is 2. The van der Waals surface area contributed by atoms with Crippen molar-refractivity contribution < 1.29 is 32.4 Å². The minimum Gasteiger partial charge on any atom is -0.489 e. The van der Waals surface area contributed by atoms with E-state index in [0.717, 1.165) is 0 Å². The number of carbonyl (C=O) groups excluding carboxylic acids is 1. The second kappa shape index (κ2) is 5.52. The maximum absolute atomic E-state index is 11.0. The zero-order chi connectivity index (χ0) is 12.1. The van der Waals surface area contributed by atoms with Crippen LogP contribution in [0.15, 0.2) is 12.7 Å². The van der Waals surface area contributed by atoms with Crippen LogP contribution in [0.4, 0.5) is 4.79 Å². The summed E-state index contributed by atoms with van der Waals surface area (Å²) in [5.74, 6) is -2.85. The smallest absolute Gasteiger partial charge is 0.319 e. The van der Waals surface area contributed by atoms with Gasteiger partial charge in [0.25, 0.3) is 17.4 Å². The molecule has 0 aromatic rings. The Morgan fingerprint density at radius 2 is 2.07 bits per heavy atom. The van der Waals surface area contributed by atoms with Crippen molar-refractivity contribution in [3.63, 3.8) is 0 Å². The van der Waals surface area contributed by atoms with Crippen molar-refractivity contribution >= 4 is 29.2 Å². The van der Waals surface area contributed by atoms with E-state index in [1.54, 1.807) is 0 Å². The lowest BCUT2D eigenvalue weighted by molar-refractivity contribution is -0.140. The molecule has 2 N–H and O–H groups in total. The molecule has 84 valence electrons. The van der Waals surface area contributed by atoms with Crippen molar-refractivity contribution in [3.05, 3.63) is 12.7 Å². The van der Waals surface area contributed by atoms with E-state index in [1.165, 1.54) is 6.08 Å². The molecule has 0 saturated carbocycles. The second-order valence-electron chi connectivity index (χ2n) is 2.52. The quantitative estimate of drug-likeness (QED) is 0.264. The zero-order valence-electron chi connectivity index (χ0n) is 7.62. The van der Waals surface area contributed by atoms with Crippen LogP contribution in [0.5, 0.6) is 0 Å². The maximum Gasteiger partial charge on any atom is 0.319 e. The van der Waals surface area contributed by atoms with Gasteiger partial charge < -0.3 is 9.84 Å². The second-order valence-corrected chi connectivity index (χ2v) is 4.12. The fourth-order valence-electron chi connectivity index (χ4n) is 0.703. The summed E-state index contributed by atoms with van der Waals surface area (Å²) in [6, 6.07) is 0. The van der Waals surface area contributed by atoms with Gasteiger partial charge in [-0.1, -0.05) is 12.7 Å². The summed E-state index contributed by atoms with van der Waals surface area (Å²) in [5, 5.41) is 6.22. The van der Waals surface area contributed by atoms with Gasteiger partial charge in [-0.2, -0.15) is 8.42 Å². The van der Waals surface area contributed by atoms with Crippen LogP contribution < -0.4 is 0 Å². The molecule has 0 aromatic carbocycles. The van der Waals surface area contributed by atoms with Crippen molar-refractivity contribution in [2.75, 3.05) is 6.61 Å². The molecule has 0 aliphatic carbocycles. The molecule has 0 aliphatic heterocycles. The van der Waals surface area contributed by atoms with E-state index in [2.05, 4.69) is 11.3 Å². The number of hydrogen-bond acceptors (Lipinski definition) is 5. The Kier molecular flexibility index (Phi) is 5.02. The molecule has 0 rings (SSSR count).